The predicted octanol–water partition coefficient (Wildman–Crippen LogP) is 3.02. The van der Waals surface area contributed by atoms with Crippen molar-refractivity contribution in [1.29, 1.82) is 0 Å². The van der Waals surface area contributed by atoms with E-state index < -0.39 is 0 Å². The average Bonchev–Trinajstić information content (AvgIpc) is 2.62. The molecule has 2 rings (SSSR count). The number of carbonyl (C=O) groups excluding carboxylic acids is 1. The summed E-state index contributed by atoms with van der Waals surface area (Å²) in [6.07, 6.45) is 1.51. The molecule has 0 atom stereocenters. The van der Waals surface area contributed by atoms with Crippen LogP contribution in [0.5, 0.6) is 17.2 Å². The van der Waals surface area contributed by atoms with Crippen LogP contribution < -0.4 is 25.3 Å². The molecule has 0 unspecified atom stereocenters. The van der Waals surface area contributed by atoms with E-state index in [1.807, 2.05) is 30.3 Å². The molecule has 0 aliphatic heterocycles. The summed E-state index contributed by atoms with van der Waals surface area (Å²) in [5.41, 5.74) is 8.92. The summed E-state index contributed by atoms with van der Waals surface area (Å²) in [5, 5.41) is 2.76. The molecule has 0 heterocycles. The van der Waals surface area contributed by atoms with Crippen molar-refractivity contribution >= 4 is 17.2 Å². The van der Waals surface area contributed by atoms with Crippen LogP contribution in [0.4, 0.5) is 5.69 Å². The monoisotopic (exact) mass is 342 g/mol. The van der Waals surface area contributed by atoms with E-state index >= 15 is 0 Å². The van der Waals surface area contributed by atoms with Gasteiger partial charge in [-0.1, -0.05) is 12.1 Å². The molecule has 0 bridgehead atoms. The predicted molar refractivity (Wildman–Crippen MR) is 98.1 cm³/mol. The van der Waals surface area contributed by atoms with Gasteiger partial charge in [0.25, 0.3) is 0 Å². The lowest BCUT2D eigenvalue weighted by molar-refractivity contribution is -0.114. The maximum atomic E-state index is 11.4. The van der Waals surface area contributed by atoms with E-state index in [4.69, 9.17) is 19.9 Å². The highest BCUT2D eigenvalue weighted by Crippen LogP contribution is 2.35. The van der Waals surface area contributed by atoms with Gasteiger partial charge >= 0.3 is 0 Å². The average molecular weight is 342 g/mol. The van der Waals surface area contributed by atoms with Crippen LogP contribution in [-0.2, 0) is 4.79 Å². The highest BCUT2D eigenvalue weighted by Gasteiger charge is 2.13. The Balaban J connectivity index is 2.49. The molecule has 1 amide bonds. The number of hydrogen-bond acceptors (Lipinski definition) is 5. The number of rotatable bonds is 6. The minimum atomic E-state index is -0.181. The zero-order valence-electron chi connectivity index (χ0n) is 14.8. The van der Waals surface area contributed by atoms with Crippen LogP contribution in [0.25, 0.3) is 5.57 Å². The molecule has 0 aliphatic rings. The van der Waals surface area contributed by atoms with Gasteiger partial charge in [-0.15, -0.1) is 0 Å². The van der Waals surface area contributed by atoms with Crippen molar-refractivity contribution in [1.82, 2.24) is 0 Å². The van der Waals surface area contributed by atoms with Crippen molar-refractivity contribution in [3.8, 4) is 17.2 Å². The fourth-order valence-corrected chi connectivity index (χ4v) is 2.53. The minimum Gasteiger partial charge on any atom is -0.495 e. The molecule has 6 nitrogen and oxygen atoms in total. The van der Waals surface area contributed by atoms with Gasteiger partial charge in [0.05, 0.1) is 27.0 Å². The van der Waals surface area contributed by atoms with Gasteiger partial charge in [0, 0.05) is 18.7 Å². The van der Waals surface area contributed by atoms with Gasteiger partial charge in [-0.05, 0) is 35.4 Å². The Labute approximate surface area is 147 Å². The van der Waals surface area contributed by atoms with Crippen LogP contribution in [0, 0.1) is 0 Å². The van der Waals surface area contributed by atoms with Crippen LogP contribution in [0.15, 0.2) is 42.6 Å². The Bertz CT molecular complexity index is 800. The van der Waals surface area contributed by atoms with Gasteiger partial charge in [-0.3, -0.25) is 4.79 Å². The molecule has 6 heteroatoms. The van der Waals surface area contributed by atoms with Crippen LogP contribution >= 0.6 is 0 Å². The number of anilines is 1. The molecule has 3 N–H and O–H groups in total. The van der Waals surface area contributed by atoms with Crippen LogP contribution in [-0.4, -0.2) is 27.2 Å². The van der Waals surface area contributed by atoms with Gasteiger partial charge in [-0.25, -0.2) is 0 Å². The third-order valence-corrected chi connectivity index (χ3v) is 3.68. The lowest BCUT2D eigenvalue weighted by atomic mass is 9.97. The fraction of sp³-hybridized carbons (Fsp3) is 0.211. The molecular formula is C19H22N2O4. The van der Waals surface area contributed by atoms with E-state index in [9.17, 15) is 4.79 Å². The van der Waals surface area contributed by atoms with E-state index in [0.29, 0.717) is 22.9 Å². The molecule has 0 fully saturated rings. The number of benzene rings is 2. The van der Waals surface area contributed by atoms with Crippen LogP contribution in [0.1, 0.15) is 18.1 Å². The first-order chi connectivity index (χ1) is 12.0. The standard InChI is InChI=1S/C19H22N2O4/c1-12(22)21-16-9-13(5-7-17(16)23-2)15(11-20)14-6-8-18(24-3)19(10-14)25-4/h5-11H,20H2,1-4H3,(H,21,22). The molecule has 132 valence electrons. The second-order valence-corrected chi connectivity index (χ2v) is 5.25. The molecule has 2 aromatic carbocycles. The van der Waals surface area contributed by atoms with Gasteiger partial charge in [0.15, 0.2) is 11.5 Å². The second kappa shape index (κ2) is 8.10. The van der Waals surface area contributed by atoms with Gasteiger partial charge in [-0.2, -0.15) is 0 Å². The smallest absolute Gasteiger partial charge is 0.221 e. The van der Waals surface area contributed by atoms with Gasteiger partial charge in [0.1, 0.15) is 5.75 Å². The fourth-order valence-electron chi connectivity index (χ4n) is 2.53. The second-order valence-electron chi connectivity index (χ2n) is 5.25. The van der Waals surface area contributed by atoms with E-state index in [1.54, 1.807) is 27.4 Å². The third kappa shape index (κ3) is 4.03. The minimum absolute atomic E-state index is 0.181. The van der Waals surface area contributed by atoms with Crippen LogP contribution in [0.2, 0.25) is 0 Å². The van der Waals surface area contributed by atoms with E-state index in [2.05, 4.69) is 5.32 Å². The third-order valence-electron chi connectivity index (χ3n) is 3.68. The van der Waals surface area contributed by atoms with E-state index in [-0.39, 0.29) is 5.91 Å². The lowest BCUT2D eigenvalue weighted by Crippen LogP contribution is -2.07. The Kier molecular flexibility index (Phi) is 5.89. The molecule has 2 aromatic rings. The number of nitrogens with two attached hydrogens (primary N) is 1. The summed E-state index contributed by atoms with van der Waals surface area (Å²) in [6, 6.07) is 11.0. The summed E-state index contributed by atoms with van der Waals surface area (Å²) in [6.45, 7) is 1.44. The number of ether oxygens (including phenoxy) is 3. The topological polar surface area (TPSA) is 82.8 Å². The first kappa shape index (κ1) is 18.2. The highest BCUT2D eigenvalue weighted by atomic mass is 16.5. The number of hydrogen-bond donors (Lipinski definition) is 2. The molecule has 0 aliphatic carbocycles. The zero-order chi connectivity index (χ0) is 18.4. The molecule has 25 heavy (non-hydrogen) atoms. The Hall–Kier alpha value is -3.15. The van der Waals surface area contributed by atoms with Crippen molar-refractivity contribution < 1.29 is 19.0 Å². The summed E-state index contributed by atoms with van der Waals surface area (Å²) in [5.74, 6) is 1.63. The molecule has 0 spiro atoms. The summed E-state index contributed by atoms with van der Waals surface area (Å²) < 4.78 is 15.9. The molecule has 0 aromatic heterocycles. The molecule has 0 saturated carbocycles. The number of methoxy groups -OCH3 is 3. The molecule has 0 radical (unpaired) electrons. The summed E-state index contributed by atoms with van der Waals surface area (Å²) >= 11 is 0. The van der Waals surface area contributed by atoms with Crippen molar-refractivity contribution in [2.45, 2.75) is 6.92 Å². The first-order valence-electron chi connectivity index (χ1n) is 7.64. The number of amides is 1. The van der Waals surface area contributed by atoms with E-state index in [1.165, 1.54) is 13.1 Å². The zero-order valence-corrected chi connectivity index (χ0v) is 14.8. The Morgan fingerprint density at radius 1 is 0.920 bits per heavy atom. The Morgan fingerprint density at radius 2 is 1.48 bits per heavy atom. The summed E-state index contributed by atoms with van der Waals surface area (Å²) in [4.78, 5) is 11.4. The normalized spacial score (nSPS) is 11.0. The molecular weight excluding hydrogens is 320 g/mol. The van der Waals surface area contributed by atoms with Crippen LogP contribution in [0.3, 0.4) is 0 Å². The summed E-state index contributed by atoms with van der Waals surface area (Å²) in [7, 11) is 4.71. The van der Waals surface area contributed by atoms with Gasteiger partial charge in [0.2, 0.25) is 5.91 Å². The lowest BCUT2D eigenvalue weighted by Gasteiger charge is -2.15. The first-order valence-corrected chi connectivity index (χ1v) is 7.64. The van der Waals surface area contributed by atoms with Crippen molar-refractivity contribution in [3.05, 3.63) is 53.7 Å². The maximum absolute atomic E-state index is 11.4. The highest BCUT2D eigenvalue weighted by molar-refractivity contribution is 5.92. The SMILES string of the molecule is COc1ccc(C(=CN)c2ccc(OC)c(OC)c2)cc1NC(C)=O. The number of carbonyl (C=O) groups is 1. The van der Waals surface area contributed by atoms with Gasteiger partial charge < -0.3 is 25.3 Å². The van der Waals surface area contributed by atoms with E-state index in [0.717, 1.165) is 16.7 Å². The van der Waals surface area contributed by atoms with Crippen molar-refractivity contribution in [2.24, 2.45) is 5.73 Å². The maximum Gasteiger partial charge on any atom is 0.221 e. The quantitative estimate of drug-likeness (QED) is 0.843. The van der Waals surface area contributed by atoms with Crippen molar-refractivity contribution in [2.75, 3.05) is 26.6 Å². The number of nitrogens with one attached hydrogen (secondary N) is 1. The van der Waals surface area contributed by atoms with Crippen molar-refractivity contribution in [3.63, 3.8) is 0 Å². The largest absolute Gasteiger partial charge is 0.495 e. The Morgan fingerprint density at radius 3 is 2.00 bits per heavy atom. The molecule has 0 saturated heterocycles.